The van der Waals surface area contributed by atoms with Gasteiger partial charge in [0.15, 0.2) is 0 Å². The molecular weight excluding hydrogens is 188 g/mol. The molecule has 1 N–H and O–H groups in total. The zero-order chi connectivity index (χ0) is 11.5. The molecule has 3 heteroatoms. The summed E-state index contributed by atoms with van der Waals surface area (Å²) in [6, 6.07) is 0. The Morgan fingerprint density at radius 3 is 2.27 bits per heavy atom. The third-order valence-corrected chi connectivity index (χ3v) is 3.45. The first kappa shape index (κ1) is 12.9. The van der Waals surface area contributed by atoms with E-state index in [0.717, 1.165) is 39.0 Å². The molecule has 0 amide bonds. The predicted molar refractivity (Wildman–Crippen MR) is 64.1 cm³/mol. The maximum atomic E-state index is 9.40. The van der Waals surface area contributed by atoms with Gasteiger partial charge in [-0.15, -0.1) is 0 Å². The Morgan fingerprint density at radius 2 is 1.80 bits per heavy atom. The van der Waals surface area contributed by atoms with E-state index in [-0.39, 0.29) is 11.6 Å². The maximum Gasteiger partial charge on any atom is 0.0564 e. The Labute approximate surface area is 94.1 Å². The van der Waals surface area contributed by atoms with Gasteiger partial charge < -0.3 is 14.9 Å². The van der Waals surface area contributed by atoms with E-state index < -0.39 is 0 Å². The minimum absolute atomic E-state index is 0.0541. The zero-order valence-electron chi connectivity index (χ0n) is 10.7. The van der Waals surface area contributed by atoms with Crippen molar-refractivity contribution in [2.24, 2.45) is 0 Å². The average Bonchev–Trinajstić information content (AvgIpc) is 2.15. The molecule has 0 unspecified atom stereocenters. The van der Waals surface area contributed by atoms with Gasteiger partial charge in [0.2, 0.25) is 0 Å². The van der Waals surface area contributed by atoms with E-state index in [4.69, 9.17) is 0 Å². The second-order valence-electron chi connectivity index (χ2n) is 5.67. The van der Waals surface area contributed by atoms with Crippen molar-refractivity contribution in [3.05, 3.63) is 0 Å². The summed E-state index contributed by atoms with van der Waals surface area (Å²) < 4.78 is 0. The lowest BCUT2D eigenvalue weighted by atomic mass is 10.1. The van der Waals surface area contributed by atoms with Crippen LogP contribution in [-0.4, -0.2) is 59.8 Å². The number of rotatable bonds is 3. The van der Waals surface area contributed by atoms with Crippen molar-refractivity contribution < 1.29 is 5.11 Å². The van der Waals surface area contributed by atoms with E-state index in [1.807, 2.05) is 0 Å². The van der Waals surface area contributed by atoms with Gasteiger partial charge in [0.25, 0.3) is 0 Å². The van der Waals surface area contributed by atoms with E-state index >= 15 is 0 Å². The van der Waals surface area contributed by atoms with E-state index in [0.29, 0.717) is 0 Å². The molecule has 0 radical (unpaired) electrons. The molecule has 0 aromatic carbocycles. The summed E-state index contributed by atoms with van der Waals surface area (Å²) in [7, 11) is 2.18. The number of hydrogen-bond donors (Lipinski definition) is 1. The van der Waals surface area contributed by atoms with Crippen LogP contribution in [0.4, 0.5) is 0 Å². The molecule has 0 aromatic rings. The van der Waals surface area contributed by atoms with E-state index in [9.17, 15) is 5.11 Å². The lowest BCUT2D eigenvalue weighted by molar-refractivity contribution is 0.0706. The maximum absolute atomic E-state index is 9.40. The largest absolute Gasteiger partial charge is 0.393 e. The number of likely N-dealkylation sites (N-methyl/N-ethyl adjacent to an activating group) is 1. The fourth-order valence-electron chi connectivity index (χ4n) is 1.77. The molecule has 1 aliphatic rings. The van der Waals surface area contributed by atoms with Gasteiger partial charge in [-0.25, -0.2) is 0 Å². The fraction of sp³-hybridized carbons (Fsp3) is 1.00. The summed E-state index contributed by atoms with van der Waals surface area (Å²) in [5.41, 5.74) is 0.259. The van der Waals surface area contributed by atoms with Crippen LogP contribution in [-0.2, 0) is 0 Å². The molecule has 0 bridgehead atoms. The van der Waals surface area contributed by atoms with Crippen LogP contribution < -0.4 is 0 Å². The monoisotopic (exact) mass is 214 g/mol. The highest BCUT2D eigenvalue weighted by Gasteiger charge is 2.20. The smallest absolute Gasteiger partial charge is 0.0564 e. The molecule has 90 valence electrons. The van der Waals surface area contributed by atoms with Gasteiger partial charge in [0, 0.05) is 31.7 Å². The van der Waals surface area contributed by atoms with Crippen molar-refractivity contribution >= 4 is 0 Å². The topological polar surface area (TPSA) is 26.7 Å². The summed E-state index contributed by atoms with van der Waals surface area (Å²) in [6.07, 6.45) is 1.83. The molecular formula is C12H26N2O. The average molecular weight is 214 g/mol. The van der Waals surface area contributed by atoms with Crippen LogP contribution in [0.25, 0.3) is 0 Å². The van der Waals surface area contributed by atoms with Gasteiger partial charge in [-0.1, -0.05) is 0 Å². The molecule has 3 nitrogen and oxygen atoms in total. The number of aliphatic hydroxyl groups is 1. The third-order valence-electron chi connectivity index (χ3n) is 3.45. The van der Waals surface area contributed by atoms with Crippen LogP contribution >= 0.6 is 0 Å². The van der Waals surface area contributed by atoms with Crippen molar-refractivity contribution in [1.82, 2.24) is 9.80 Å². The summed E-state index contributed by atoms with van der Waals surface area (Å²) in [6.45, 7) is 11.1. The van der Waals surface area contributed by atoms with Gasteiger partial charge in [0.05, 0.1) is 6.10 Å². The van der Waals surface area contributed by atoms with E-state index in [1.165, 1.54) is 0 Å². The molecule has 1 fully saturated rings. The quantitative estimate of drug-likeness (QED) is 0.764. The zero-order valence-corrected chi connectivity index (χ0v) is 10.7. The molecule has 15 heavy (non-hydrogen) atoms. The normalized spacial score (nSPS) is 21.2. The first-order valence-electron chi connectivity index (χ1n) is 6.01. The van der Waals surface area contributed by atoms with E-state index in [1.54, 1.807) is 0 Å². The molecule has 0 aromatic heterocycles. The summed E-state index contributed by atoms with van der Waals surface area (Å²) >= 11 is 0. The van der Waals surface area contributed by atoms with Crippen molar-refractivity contribution in [2.75, 3.05) is 33.2 Å². The highest BCUT2D eigenvalue weighted by atomic mass is 16.3. The first-order chi connectivity index (χ1) is 6.89. The summed E-state index contributed by atoms with van der Waals surface area (Å²) in [5, 5.41) is 9.40. The minimum Gasteiger partial charge on any atom is -0.393 e. The Morgan fingerprint density at radius 1 is 1.27 bits per heavy atom. The van der Waals surface area contributed by atoms with Crippen LogP contribution in [0, 0.1) is 0 Å². The molecule has 1 rings (SSSR count). The molecule has 1 heterocycles. The number of likely N-dealkylation sites (tertiary alicyclic amines) is 1. The Bertz CT molecular complexity index is 181. The Kier molecular flexibility index (Phi) is 4.56. The Hall–Kier alpha value is -0.120. The van der Waals surface area contributed by atoms with Gasteiger partial charge >= 0.3 is 0 Å². The lowest BCUT2D eigenvalue weighted by Gasteiger charge is -2.35. The summed E-state index contributed by atoms with van der Waals surface area (Å²) in [4.78, 5) is 4.84. The predicted octanol–water partition coefficient (Wildman–Crippen LogP) is 1.17. The van der Waals surface area contributed by atoms with E-state index in [2.05, 4.69) is 37.6 Å². The number of nitrogens with zero attached hydrogens (tertiary/aromatic N) is 2. The second kappa shape index (κ2) is 5.28. The van der Waals surface area contributed by atoms with Crippen molar-refractivity contribution in [2.45, 2.75) is 45.3 Å². The van der Waals surface area contributed by atoms with Gasteiger partial charge in [-0.2, -0.15) is 0 Å². The van der Waals surface area contributed by atoms with Crippen LogP contribution in [0.3, 0.4) is 0 Å². The second-order valence-corrected chi connectivity index (χ2v) is 5.67. The minimum atomic E-state index is -0.0541. The standard InChI is InChI=1S/C12H26N2O/c1-12(2,3)13(4)9-10-14-7-5-11(15)6-8-14/h11,15H,5-10H2,1-4H3. The molecule has 0 saturated carbocycles. The molecule has 0 aliphatic carbocycles. The van der Waals surface area contributed by atoms with Gasteiger partial charge in [-0.05, 0) is 40.7 Å². The number of piperidine rings is 1. The molecule has 1 saturated heterocycles. The number of hydrogen-bond acceptors (Lipinski definition) is 3. The first-order valence-corrected chi connectivity index (χ1v) is 6.01. The van der Waals surface area contributed by atoms with Crippen LogP contribution in [0.15, 0.2) is 0 Å². The molecule has 1 aliphatic heterocycles. The van der Waals surface area contributed by atoms with Crippen molar-refractivity contribution in [3.8, 4) is 0 Å². The van der Waals surface area contributed by atoms with Crippen LogP contribution in [0.1, 0.15) is 33.6 Å². The lowest BCUT2D eigenvalue weighted by Crippen LogP contribution is -2.45. The third kappa shape index (κ3) is 4.49. The SMILES string of the molecule is CN(CCN1CCC(O)CC1)C(C)(C)C. The van der Waals surface area contributed by atoms with Crippen LogP contribution in [0.2, 0.25) is 0 Å². The number of aliphatic hydroxyl groups excluding tert-OH is 1. The van der Waals surface area contributed by atoms with Gasteiger partial charge in [-0.3, -0.25) is 0 Å². The highest BCUT2D eigenvalue weighted by molar-refractivity contribution is 4.76. The highest BCUT2D eigenvalue weighted by Crippen LogP contribution is 2.12. The van der Waals surface area contributed by atoms with Crippen molar-refractivity contribution in [3.63, 3.8) is 0 Å². The van der Waals surface area contributed by atoms with Crippen molar-refractivity contribution in [1.29, 1.82) is 0 Å². The Balaban J connectivity index is 2.20. The molecule has 0 spiro atoms. The fourth-order valence-corrected chi connectivity index (χ4v) is 1.77. The summed E-state index contributed by atoms with van der Waals surface area (Å²) in [5.74, 6) is 0. The van der Waals surface area contributed by atoms with Gasteiger partial charge in [0.1, 0.15) is 0 Å². The molecule has 0 atom stereocenters. The van der Waals surface area contributed by atoms with Crippen LogP contribution in [0.5, 0.6) is 0 Å².